The average molecular weight is 421 g/mol. The summed E-state index contributed by atoms with van der Waals surface area (Å²) in [4.78, 5) is 12.8. The minimum absolute atomic E-state index is 0.00326. The van der Waals surface area contributed by atoms with Gasteiger partial charge in [0.15, 0.2) is 0 Å². The van der Waals surface area contributed by atoms with Gasteiger partial charge in [-0.05, 0) is 43.0 Å². The van der Waals surface area contributed by atoms with Crippen molar-refractivity contribution in [3.05, 3.63) is 64.7 Å². The number of piperidine rings is 1. The largest absolute Gasteiger partial charge is 0.345 e. The monoisotopic (exact) mass is 420 g/mol. The summed E-state index contributed by atoms with van der Waals surface area (Å²) in [6.07, 6.45) is 3.43. The van der Waals surface area contributed by atoms with Gasteiger partial charge in [-0.3, -0.25) is 4.79 Å². The highest BCUT2D eigenvalue weighted by Gasteiger charge is 2.29. The van der Waals surface area contributed by atoms with Crippen molar-refractivity contribution in [2.45, 2.75) is 43.5 Å². The maximum Gasteiger partial charge on any atom is 0.251 e. The second-order valence-electron chi connectivity index (χ2n) is 6.95. The summed E-state index contributed by atoms with van der Waals surface area (Å²) < 4.78 is 27.4. The van der Waals surface area contributed by atoms with Crippen LogP contribution in [0.5, 0.6) is 0 Å². The molecule has 1 heterocycles. The van der Waals surface area contributed by atoms with E-state index in [2.05, 4.69) is 5.32 Å². The van der Waals surface area contributed by atoms with Crippen molar-refractivity contribution in [3.63, 3.8) is 0 Å². The van der Waals surface area contributed by atoms with E-state index < -0.39 is 10.0 Å². The molecule has 1 N–H and O–H groups in total. The van der Waals surface area contributed by atoms with Crippen molar-refractivity contribution in [2.24, 2.45) is 0 Å². The Bertz CT molecular complexity index is 926. The maximum absolute atomic E-state index is 13.0. The standard InChI is InChI=1S/C21H25ClN2O3S/c1-2-19(16-9-5-3-6-10-16)23-21(25)17-11-12-18(22)20(15-17)28(26,27)24-13-7-4-8-14-24/h3,5-6,9-12,15,19H,2,4,7-8,13-14H2,1H3,(H,23,25). The molecule has 0 aromatic heterocycles. The molecule has 2 aromatic carbocycles. The van der Waals surface area contributed by atoms with Crippen molar-refractivity contribution in [1.82, 2.24) is 9.62 Å². The molecule has 7 heteroatoms. The van der Waals surface area contributed by atoms with Gasteiger partial charge in [-0.2, -0.15) is 4.31 Å². The summed E-state index contributed by atoms with van der Waals surface area (Å²) in [5, 5.41) is 3.12. The number of hydrogen-bond donors (Lipinski definition) is 1. The fourth-order valence-electron chi connectivity index (χ4n) is 3.43. The lowest BCUT2D eigenvalue weighted by atomic mass is 10.0. The SMILES string of the molecule is CCC(NC(=O)c1ccc(Cl)c(S(=O)(=O)N2CCCCC2)c1)c1ccccc1. The highest BCUT2D eigenvalue weighted by Crippen LogP contribution is 2.28. The summed E-state index contributed by atoms with van der Waals surface area (Å²) in [6.45, 7) is 2.97. The number of sulfonamides is 1. The summed E-state index contributed by atoms with van der Waals surface area (Å²) >= 11 is 6.20. The van der Waals surface area contributed by atoms with E-state index in [4.69, 9.17) is 11.6 Å². The van der Waals surface area contributed by atoms with Gasteiger partial charge in [0.1, 0.15) is 4.90 Å². The van der Waals surface area contributed by atoms with Gasteiger partial charge in [0.25, 0.3) is 5.91 Å². The number of carbonyl (C=O) groups is 1. The Kier molecular flexibility index (Phi) is 6.75. The van der Waals surface area contributed by atoms with Crippen molar-refractivity contribution in [1.29, 1.82) is 0 Å². The third-order valence-corrected chi connectivity index (χ3v) is 7.42. The number of halogens is 1. The summed E-state index contributed by atoms with van der Waals surface area (Å²) in [5.41, 5.74) is 1.29. The third-order valence-electron chi connectivity index (χ3n) is 5.04. The molecule has 0 radical (unpaired) electrons. The van der Waals surface area contributed by atoms with E-state index in [1.807, 2.05) is 37.3 Å². The fourth-order valence-corrected chi connectivity index (χ4v) is 5.45. The number of amides is 1. The van der Waals surface area contributed by atoms with E-state index in [0.717, 1.165) is 31.2 Å². The zero-order chi connectivity index (χ0) is 20.1. The highest BCUT2D eigenvalue weighted by molar-refractivity contribution is 7.89. The number of carbonyl (C=O) groups excluding carboxylic acids is 1. The Morgan fingerprint density at radius 3 is 2.43 bits per heavy atom. The first-order chi connectivity index (χ1) is 13.4. The zero-order valence-electron chi connectivity index (χ0n) is 15.9. The molecule has 0 spiro atoms. The minimum atomic E-state index is -3.71. The van der Waals surface area contributed by atoms with Gasteiger partial charge in [-0.25, -0.2) is 8.42 Å². The first-order valence-electron chi connectivity index (χ1n) is 9.59. The molecule has 1 fully saturated rings. The Morgan fingerprint density at radius 2 is 1.79 bits per heavy atom. The van der Waals surface area contributed by atoms with Crippen LogP contribution in [0.25, 0.3) is 0 Å². The molecule has 0 bridgehead atoms. The van der Waals surface area contributed by atoms with Crippen LogP contribution in [0.3, 0.4) is 0 Å². The second kappa shape index (κ2) is 9.07. The molecule has 5 nitrogen and oxygen atoms in total. The predicted octanol–water partition coefficient (Wildman–Crippen LogP) is 4.40. The summed E-state index contributed by atoms with van der Waals surface area (Å²) in [7, 11) is -3.71. The van der Waals surface area contributed by atoms with Gasteiger partial charge < -0.3 is 5.32 Å². The molecule has 1 atom stereocenters. The van der Waals surface area contributed by atoms with Crippen LogP contribution in [0.2, 0.25) is 5.02 Å². The fraction of sp³-hybridized carbons (Fsp3) is 0.381. The number of nitrogens with one attached hydrogen (secondary N) is 1. The van der Waals surface area contributed by atoms with Gasteiger partial charge >= 0.3 is 0 Å². The van der Waals surface area contributed by atoms with Crippen LogP contribution in [-0.2, 0) is 10.0 Å². The van der Waals surface area contributed by atoms with Crippen molar-refractivity contribution < 1.29 is 13.2 Å². The van der Waals surface area contributed by atoms with Crippen LogP contribution in [-0.4, -0.2) is 31.7 Å². The molecule has 3 rings (SSSR count). The molecule has 28 heavy (non-hydrogen) atoms. The van der Waals surface area contributed by atoms with Crippen LogP contribution in [0.4, 0.5) is 0 Å². The van der Waals surface area contributed by atoms with Crippen molar-refractivity contribution >= 4 is 27.5 Å². The average Bonchev–Trinajstić information content (AvgIpc) is 2.73. The van der Waals surface area contributed by atoms with Crippen LogP contribution < -0.4 is 5.32 Å². The van der Waals surface area contributed by atoms with Gasteiger partial charge in [0, 0.05) is 18.7 Å². The predicted molar refractivity (Wildman–Crippen MR) is 111 cm³/mol. The van der Waals surface area contributed by atoms with E-state index in [1.54, 1.807) is 6.07 Å². The topological polar surface area (TPSA) is 66.5 Å². The summed E-state index contributed by atoms with van der Waals surface area (Å²) in [5.74, 6) is -0.317. The quantitative estimate of drug-likeness (QED) is 0.753. The molecule has 1 saturated heterocycles. The van der Waals surface area contributed by atoms with E-state index in [9.17, 15) is 13.2 Å². The molecule has 2 aromatic rings. The molecule has 1 aliphatic rings. The minimum Gasteiger partial charge on any atom is -0.345 e. The van der Waals surface area contributed by atoms with Crippen LogP contribution in [0.1, 0.15) is 54.6 Å². The molecule has 1 unspecified atom stereocenters. The lowest BCUT2D eigenvalue weighted by Crippen LogP contribution is -2.36. The molecule has 150 valence electrons. The zero-order valence-corrected chi connectivity index (χ0v) is 17.5. The highest BCUT2D eigenvalue weighted by atomic mass is 35.5. The van der Waals surface area contributed by atoms with E-state index in [1.165, 1.54) is 16.4 Å². The van der Waals surface area contributed by atoms with Crippen molar-refractivity contribution in [3.8, 4) is 0 Å². The number of benzene rings is 2. The van der Waals surface area contributed by atoms with Gasteiger partial charge in [0.05, 0.1) is 11.1 Å². The number of hydrogen-bond acceptors (Lipinski definition) is 3. The van der Waals surface area contributed by atoms with Gasteiger partial charge in [-0.15, -0.1) is 0 Å². The molecular formula is C21H25ClN2O3S. The van der Waals surface area contributed by atoms with Gasteiger partial charge in [-0.1, -0.05) is 55.3 Å². The third kappa shape index (κ3) is 4.57. The Balaban J connectivity index is 1.85. The maximum atomic E-state index is 13.0. The van der Waals surface area contributed by atoms with Gasteiger partial charge in [0.2, 0.25) is 10.0 Å². The molecule has 1 amide bonds. The van der Waals surface area contributed by atoms with E-state index in [0.29, 0.717) is 13.1 Å². The smallest absolute Gasteiger partial charge is 0.251 e. The van der Waals surface area contributed by atoms with E-state index >= 15 is 0 Å². The normalized spacial score (nSPS) is 16.5. The molecule has 1 aliphatic heterocycles. The van der Waals surface area contributed by atoms with Crippen LogP contribution in [0, 0.1) is 0 Å². The number of rotatable bonds is 6. The number of nitrogens with zero attached hydrogens (tertiary/aromatic N) is 1. The molecule has 0 saturated carbocycles. The first kappa shape index (κ1) is 20.8. The molecule has 0 aliphatic carbocycles. The van der Waals surface area contributed by atoms with Crippen LogP contribution >= 0.6 is 11.6 Å². The summed E-state index contributed by atoms with van der Waals surface area (Å²) in [6, 6.07) is 14.0. The second-order valence-corrected chi connectivity index (χ2v) is 9.27. The lowest BCUT2D eigenvalue weighted by molar-refractivity contribution is 0.0935. The van der Waals surface area contributed by atoms with Crippen LogP contribution in [0.15, 0.2) is 53.4 Å². The Labute approximate surface area is 171 Å². The first-order valence-corrected chi connectivity index (χ1v) is 11.4. The Hall–Kier alpha value is -1.89. The van der Waals surface area contributed by atoms with Crippen molar-refractivity contribution in [2.75, 3.05) is 13.1 Å². The lowest BCUT2D eigenvalue weighted by Gasteiger charge is -2.26. The molecular weight excluding hydrogens is 396 g/mol. The van der Waals surface area contributed by atoms with E-state index in [-0.39, 0.29) is 27.4 Å². The Morgan fingerprint density at radius 1 is 1.11 bits per heavy atom.